The fraction of sp³-hybridized carbons (Fsp3) is 0.263. The Morgan fingerprint density at radius 2 is 2.04 bits per heavy atom. The molecule has 0 radical (unpaired) electrons. The molecule has 6 nitrogen and oxygen atoms in total. The van der Waals surface area contributed by atoms with Gasteiger partial charge in [-0.1, -0.05) is 17.7 Å². The number of halogens is 1. The molecule has 0 fully saturated rings. The van der Waals surface area contributed by atoms with E-state index >= 15 is 0 Å². The van der Waals surface area contributed by atoms with Crippen molar-refractivity contribution in [2.75, 3.05) is 13.2 Å². The maximum Gasteiger partial charge on any atom is 0.179 e. The van der Waals surface area contributed by atoms with Crippen molar-refractivity contribution in [3.63, 3.8) is 0 Å². The van der Waals surface area contributed by atoms with Gasteiger partial charge in [0.1, 0.15) is 0 Å². The van der Waals surface area contributed by atoms with Crippen LogP contribution < -0.4 is 14.8 Å². The van der Waals surface area contributed by atoms with Gasteiger partial charge in [0, 0.05) is 43.7 Å². The third-order valence-electron chi connectivity index (χ3n) is 4.10. The van der Waals surface area contributed by atoms with E-state index in [2.05, 4.69) is 15.4 Å². The first-order valence-corrected chi connectivity index (χ1v) is 8.92. The summed E-state index contributed by atoms with van der Waals surface area (Å²) in [7, 11) is 0. The Kier molecular flexibility index (Phi) is 5.04. The summed E-state index contributed by atoms with van der Waals surface area (Å²) in [5.41, 5.74) is 2.11. The molecule has 0 unspecified atom stereocenters. The maximum atomic E-state index is 6.35. The zero-order valence-corrected chi connectivity index (χ0v) is 14.9. The lowest BCUT2D eigenvalue weighted by Crippen LogP contribution is -2.15. The lowest BCUT2D eigenvalue weighted by Gasteiger charge is -2.13. The number of nitrogens with one attached hydrogen (secondary N) is 1. The highest BCUT2D eigenvalue weighted by molar-refractivity contribution is 6.32. The summed E-state index contributed by atoms with van der Waals surface area (Å²) in [4.78, 5) is 4.43. The molecule has 1 aliphatic rings. The second-order valence-corrected chi connectivity index (χ2v) is 6.40. The molecule has 0 saturated heterocycles. The molecule has 7 heteroatoms. The summed E-state index contributed by atoms with van der Waals surface area (Å²) in [6, 6.07) is 9.75. The highest BCUT2D eigenvalue weighted by Gasteiger charge is 2.15. The molecule has 26 heavy (non-hydrogen) atoms. The van der Waals surface area contributed by atoms with Crippen LogP contribution in [0, 0.1) is 0 Å². The molecule has 0 atom stereocenters. The van der Waals surface area contributed by atoms with Gasteiger partial charge < -0.3 is 14.8 Å². The van der Waals surface area contributed by atoms with Crippen molar-refractivity contribution in [2.45, 2.75) is 19.5 Å². The first-order valence-electron chi connectivity index (χ1n) is 8.54. The van der Waals surface area contributed by atoms with Gasteiger partial charge in [0.2, 0.25) is 0 Å². The minimum absolute atomic E-state index is 0.583. The minimum Gasteiger partial charge on any atom is -0.489 e. The average Bonchev–Trinajstić information content (AvgIpc) is 3.08. The number of hydrogen-bond donors (Lipinski definition) is 1. The molecule has 0 saturated carbocycles. The van der Waals surface area contributed by atoms with Crippen molar-refractivity contribution >= 4 is 11.6 Å². The highest BCUT2D eigenvalue weighted by atomic mass is 35.5. The minimum atomic E-state index is 0.583. The van der Waals surface area contributed by atoms with Gasteiger partial charge in [-0.15, -0.1) is 0 Å². The van der Waals surface area contributed by atoms with Gasteiger partial charge in [-0.2, -0.15) is 5.10 Å². The van der Waals surface area contributed by atoms with Crippen molar-refractivity contribution in [3.8, 4) is 17.3 Å². The molecular weight excluding hydrogens is 352 g/mol. The molecule has 134 valence electrons. The van der Waals surface area contributed by atoms with E-state index in [4.69, 9.17) is 21.1 Å². The molecule has 0 spiro atoms. The van der Waals surface area contributed by atoms with Crippen LogP contribution >= 0.6 is 11.6 Å². The SMILES string of the molecule is Clc1cc(CNCc2cccnc2-n2cccn2)cc2c1OCCCO2. The number of rotatable bonds is 5. The normalized spacial score (nSPS) is 13.4. The molecule has 3 heterocycles. The number of hydrogen-bond acceptors (Lipinski definition) is 5. The van der Waals surface area contributed by atoms with Crippen molar-refractivity contribution in [3.05, 3.63) is 65.1 Å². The largest absolute Gasteiger partial charge is 0.489 e. The average molecular weight is 371 g/mol. The summed E-state index contributed by atoms with van der Waals surface area (Å²) < 4.78 is 13.2. The van der Waals surface area contributed by atoms with Gasteiger partial charge >= 0.3 is 0 Å². The molecule has 1 N–H and O–H groups in total. The summed E-state index contributed by atoms with van der Waals surface area (Å²) >= 11 is 6.35. The third-order valence-corrected chi connectivity index (χ3v) is 4.38. The quantitative estimate of drug-likeness (QED) is 0.746. The third kappa shape index (κ3) is 3.66. The van der Waals surface area contributed by atoms with E-state index in [-0.39, 0.29) is 0 Å². The Labute approximate surface area is 156 Å². The van der Waals surface area contributed by atoms with E-state index in [1.807, 2.05) is 36.5 Å². The monoisotopic (exact) mass is 370 g/mol. The molecule has 2 aromatic heterocycles. The van der Waals surface area contributed by atoms with E-state index in [9.17, 15) is 0 Å². The van der Waals surface area contributed by atoms with Crippen LogP contribution in [0.4, 0.5) is 0 Å². The molecule has 0 amide bonds. The number of nitrogens with zero attached hydrogens (tertiary/aromatic N) is 3. The van der Waals surface area contributed by atoms with Crippen LogP contribution in [0.3, 0.4) is 0 Å². The predicted molar refractivity (Wildman–Crippen MR) is 99.0 cm³/mol. The van der Waals surface area contributed by atoms with Gasteiger partial charge in [0.15, 0.2) is 17.3 Å². The predicted octanol–water partition coefficient (Wildman–Crippen LogP) is 3.37. The number of benzene rings is 1. The second kappa shape index (κ2) is 7.76. The molecule has 3 aromatic rings. The topological polar surface area (TPSA) is 61.2 Å². The number of aromatic nitrogens is 3. The van der Waals surface area contributed by atoms with E-state index < -0.39 is 0 Å². The van der Waals surface area contributed by atoms with Crippen LogP contribution in [0.15, 0.2) is 48.9 Å². The van der Waals surface area contributed by atoms with Crippen LogP contribution in [-0.4, -0.2) is 28.0 Å². The summed E-state index contributed by atoms with van der Waals surface area (Å²) in [6.07, 6.45) is 6.25. The Balaban J connectivity index is 1.46. The number of ether oxygens (including phenoxy) is 2. The van der Waals surface area contributed by atoms with Crippen molar-refractivity contribution in [1.29, 1.82) is 0 Å². The van der Waals surface area contributed by atoms with Gasteiger partial charge in [-0.3, -0.25) is 0 Å². The molecule has 4 rings (SSSR count). The van der Waals surface area contributed by atoms with E-state index in [0.29, 0.717) is 42.8 Å². The van der Waals surface area contributed by atoms with E-state index in [0.717, 1.165) is 23.4 Å². The zero-order valence-electron chi connectivity index (χ0n) is 14.2. The Morgan fingerprint density at radius 1 is 1.12 bits per heavy atom. The molecular formula is C19H19ClN4O2. The van der Waals surface area contributed by atoms with Crippen molar-refractivity contribution in [1.82, 2.24) is 20.1 Å². The van der Waals surface area contributed by atoms with Gasteiger partial charge in [-0.25, -0.2) is 9.67 Å². The Hall–Kier alpha value is -2.57. The fourth-order valence-corrected chi connectivity index (χ4v) is 3.18. The highest BCUT2D eigenvalue weighted by Crippen LogP contribution is 2.37. The van der Waals surface area contributed by atoms with Gasteiger partial charge in [0.25, 0.3) is 0 Å². The number of pyridine rings is 1. The molecule has 1 aliphatic heterocycles. The first kappa shape index (κ1) is 16.9. The molecule has 0 aliphatic carbocycles. The van der Waals surface area contributed by atoms with Crippen LogP contribution in [0.1, 0.15) is 17.5 Å². The van der Waals surface area contributed by atoms with E-state index in [1.165, 1.54) is 0 Å². The van der Waals surface area contributed by atoms with Crippen LogP contribution in [-0.2, 0) is 13.1 Å². The summed E-state index contributed by atoms with van der Waals surface area (Å²) in [6.45, 7) is 2.59. The lowest BCUT2D eigenvalue weighted by molar-refractivity contribution is 0.297. The van der Waals surface area contributed by atoms with Crippen LogP contribution in [0.25, 0.3) is 5.82 Å². The van der Waals surface area contributed by atoms with Crippen LogP contribution in [0.2, 0.25) is 5.02 Å². The Bertz CT molecular complexity index is 883. The second-order valence-electron chi connectivity index (χ2n) is 6.00. The van der Waals surface area contributed by atoms with Crippen molar-refractivity contribution < 1.29 is 9.47 Å². The molecule has 0 bridgehead atoms. The maximum absolute atomic E-state index is 6.35. The van der Waals surface area contributed by atoms with Crippen molar-refractivity contribution in [2.24, 2.45) is 0 Å². The molecule has 1 aromatic carbocycles. The lowest BCUT2D eigenvalue weighted by atomic mass is 10.2. The standard InChI is InChI=1S/C19H19ClN4O2/c20-16-10-14(11-17-18(16)26-9-3-8-25-17)12-21-13-15-4-1-5-22-19(15)24-7-2-6-23-24/h1-2,4-7,10-11,21H,3,8-9,12-13H2. The number of fused-ring (bicyclic) bond motifs is 1. The fourth-order valence-electron chi connectivity index (χ4n) is 2.90. The van der Waals surface area contributed by atoms with Gasteiger partial charge in [-0.05, 0) is 29.8 Å². The van der Waals surface area contributed by atoms with E-state index in [1.54, 1.807) is 17.1 Å². The smallest absolute Gasteiger partial charge is 0.179 e. The first-order chi connectivity index (χ1) is 12.8. The zero-order chi connectivity index (χ0) is 17.8. The van der Waals surface area contributed by atoms with Crippen LogP contribution in [0.5, 0.6) is 11.5 Å². The Morgan fingerprint density at radius 3 is 2.92 bits per heavy atom. The summed E-state index contributed by atoms with van der Waals surface area (Å²) in [5.74, 6) is 2.17. The summed E-state index contributed by atoms with van der Waals surface area (Å²) in [5, 5.41) is 8.28. The van der Waals surface area contributed by atoms with Gasteiger partial charge in [0.05, 0.1) is 18.2 Å².